The van der Waals surface area contributed by atoms with E-state index < -0.39 is 12.0 Å². The summed E-state index contributed by atoms with van der Waals surface area (Å²) < 4.78 is 0. The third-order valence-corrected chi connectivity index (χ3v) is 1.29. The van der Waals surface area contributed by atoms with Crippen LogP contribution in [0.25, 0.3) is 0 Å². The second kappa shape index (κ2) is 11.4. The fraction of sp³-hybridized carbons (Fsp3) is 0.833. The largest absolute Gasteiger partial charge is 0.480 e. The summed E-state index contributed by atoms with van der Waals surface area (Å²) in [7, 11) is 0. The van der Waals surface area contributed by atoms with Crippen LogP contribution in [0.4, 0.5) is 0 Å². The van der Waals surface area contributed by atoms with E-state index in [1.807, 2.05) is 0 Å². The van der Waals surface area contributed by atoms with E-state index in [1.165, 1.54) is 0 Å². The molecule has 1 atom stereocenters. The van der Waals surface area contributed by atoms with Crippen molar-refractivity contribution in [3.8, 4) is 0 Å². The van der Waals surface area contributed by atoms with Crippen molar-refractivity contribution < 1.29 is 43.7 Å². The zero-order valence-corrected chi connectivity index (χ0v) is 8.75. The van der Waals surface area contributed by atoms with Gasteiger partial charge in [0.25, 0.3) is 0 Å². The van der Waals surface area contributed by atoms with Crippen molar-refractivity contribution in [1.82, 2.24) is 0 Å². The number of carboxylic acid groups (broad SMARTS) is 1. The van der Waals surface area contributed by atoms with Gasteiger partial charge in [0.2, 0.25) is 0 Å². The van der Waals surface area contributed by atoms with Crippen LogP contribution in [0.1, 0.15) is 19.3 Å². The summed E-state index contributed by atoms with van der Waals surface area (Å²) in [6, 6.07) is -0.716. The van der Waals surface area contributed by atoms with Crippen molar-refractivity contribution in [2.75, 3.05) is 6.54 Å². The molecule has 0 aromatic heterocycles. The van der Waals surface area contributed by atoms with Crippen molar-refractivity contribution >= 4 is 5.97 Å². The first-order valence-corrected chi connectivity index (χ1v) is 3.37. The van der Waals surface area contributed by atoms with E-state index in [0.29, 0.717) is 13.0 Å². The molecule has 6 heteroatoms. The molecule has 0 heterocycles. The number of rotatable bonds is 5. The van der Waals surface area contributed by atoms with Gasteiger partial charge in [-0.25, -0.2) is 0 Å². The Morgan fingerprint density at radius 2 is 1.92 bits per heavy atom. The molecule has 1 radical (unpaired) electrons. The number of aliphatic carboxylic acids is 1. The molecule has 0 spiro atoms. The predicted molar refractivity (Wildman–Crippen MR) is 38.5 cm³/mol. The van der Waals surface area contributed by atoms with E-state index in [1.54, 1.807) is 0 Å². The fourth-order valence-electron chi connectivity index (χ4n) is 0.632. The Hall–Kier alpha value is 0.416. The van der Waals surface area contributed by atoms with Crippen LogP contribution in [0, 0.1) is 0 Å². The molecule has 0 aromatic carbocycles. The van der Waals surface area contributed by atoms with Gasteiger partial charge in [0.15, 0.2) is 0 Å². The van der Waals surface area contributed by atoms with Crippen molar-refractivity contribution in [2.45, 2.75) is 25.3 Å². The van der Waals surface area contributed by atoms with E-state index in [9.17, 15) is 4.79 Å². The number of carboxylic acids is 1. The Labute approximate surface area is 93.1 Å². The second-order valence-electron chi connectivity index (χ2n) is 2.23. The smallest absolute Gasteiger partial charge is 0.320 e. The standard InChI is InChI=1S/C6H14N2O2.Co.Fe/c7-4-2-1-3-5(8)6(9)10;;/h5H,1-4,7-8H2,(H,9,10);;/t5-;;/m0../s1. The van der Waals surface area contributed by atoms with Gasteiger partial charge in [-0.3, -0.25) is 4.79 Å². The topological polar surface area (TPSA) is 89.3 Å². The molecule has 0 rings (SSSR count). The molecule has 4 nitrogen and oxygen atoms in total. The van der Waals surface area contributed by atoms with Gasteiger partial charge in [-0.15, -0.1) is 0 Å². The van der Waals surface area contributed by atoms with Crippen LogP contribution in [0.5, 0.6) is 0 Å². The van der Waals surface area contributed by atoms with Gasteiger partial charge in [0, 0.05) is 33.8 Å². The van der Waals surface area contributed by atoms with Crippen LogP contribution in [0.2, 0.25) is 0 Å². The van der Waals surface area contributed by atoms with Gasteiger partial charge >= 0.3 is 5.97 Å². The van der Waals surface area contributed by atoms with E-state index >= 15 is 0 Å². The van der Waals surface area contributed by atoms with Crippen LogP contribution in [-0.2, 0) is 38.6 Å². The zero-order valence-electron chi connectivity index (χ0n) is 6.60. The number of nitrogens with two attached hydrogens (primary N) is 2. The Morgan fingerprint density at radius 3 is 2.25 bits per heavy atom. The Morgan fingerprint density at radius 1 is 1.42 bits per heavy atom. The Bertz CT molecular complexity index is 116. The van der Waals surface area contributed by atoms with Crippen molar-refractivity contribution in [3.05, 3.63) is 0 Å². The first-order valence-electron chi connectivity index (χ1n) is 3.37. The molecule has 0 aliphatic heterocycles. The number of hydrogen-bond donors (Lipinski definition) is 3. The van der Waals surface area contributed by atoms with E-state index in [0.717, 1.165) is 12.8 Å². The maximum atomic E-state index is 10.1. The summed E-state index contributed by atoms with van der Waals surface area (Å²) in [5.74, 6) is -0.933. The number of hydrogen-bond acceptors (Lipinski definition) is 3. The van der Waals surface area contributed by atoms with Crippen LogP contribution in [0.15, 0.2) is 0 Å². The number of carbonyl (C=O) groups is 1. The first kappa shape index (κ1) is 18.3. The third kappa shape index (κ3) is 10.4. The molecule has 0 bridgehead atoms. The molecule has 77 valence electrons. The monoisotopic (exact) mass is 261 g/mol. The molecule has 0 amide bonds. The minimum atomic E-state index is -0.933. The number of unbranched alkanes of at least 4 members (excludes halogenated alkanes) is 1. The minimum Gasteiger partial charge on any atom is -0.480 e. The maximum absolute atomic E-state index is 10.1. The molecule has 12 heavy (non-hydrogen) atoms. The van der Waals surface area contributed by atoms with Gasteiger partial charge in [-0.05, 0) is 19.4 Å². The summed E-state index contributed by atoms with van der Waals surface area (Å²) in [6.45, 7) is 0.604. The molecule has 0 aliphatic rings. The van der Waals surface area contributed by atoms with Crippen molar-refractivity contribution in [3.63, 3.8) is 0 Å². The molecular weight excluding hydrogens is 247 g/mol. The van der Waals surface area contributed by atoms with E-state index in [-0.39, 0.29) is 33.8 Å². The van der Waals surface area contributed by atoms with Gasteiger partial charge in [0.05, 0.1) is 0 Å². The average Bonchev–Trinajstić information content (AvgIpc) is 1.88. The molecule has 0 saturated carbocycles. The summed E-state index contributed by atoms with van der Waals surface area (Å²) in [5, 5.41) is 8.33. The SMILES string of the molecule is NCCCC[C@H](N)C(=O)O.[Co].[Fe]. The maximum Gasteiger partial charge on any atom is 0.320 e. The summed E-state index contributed by atoms with van der Waals surface area (Å²) in [5.41, 5.74) is 10.4. The fourth-order valence-corrected chi connectivity index (χ4v) is 0.632. The Balaban J connectivity index is -0.000000405. The Kier molecular flexibility index (Phi) is 17.4. The van der Waals surface area contributed by atoms with Crippen LogP contribution < -0.4 is 11.5 Å². The quantitative estimate of drug-likeness (QED) is 0.460. The van der Waals surface area contributed by atoms with Gasteiger partial charge in [-0.2, -0.15) is 0 Å². The van der Waals surface area contributed by atoms with Crippen molar-refractivity contribution in [2.24, 2.45) is 11.5 Å². The van der Waals surface area contributed by atoms with Crippen LogP contribution >= 0.6 is 0 Å². The van der Waals surface area contributed by atoms with E-state index in [2.05, 4.69) is 0 Å². The molecule has 0 saturated heterocycles. The average molecular weight is 261 g/mol. The summed E-state index contributed by atoms with van der Waals surface area (Å²) in [6.07, 6.45) is 2.16. The van der Waals surface area contributed by atoms with Crippen LogP contribution in [-0.4, -0.2) is 23.7 Å². The second-order valence-corrected chi connectivity index (χ2v) is 2.23. The van der Waals surface area contributed by atoms with Gasteiger partial charge in [-0.1, -0.05) is 6.42 Å². The molecule has 0 unspecified atom stereocenters. The molecule has 0 aromatic rings. The zero-order chi connectivity index (χ0) is 7.98. The van der Waals surface area contributed by atoms with Crippen LogP contribution in [0.3, 0.4) is 0 Å². The summed E-state index contributed by atoms with van der Waals surface area (Å²) >= 11 is 0. The first-order chi connectivity index (χ1) is 4.68. The summed E-state index contributed by atoms with van der Waals surface area (Å²) in [4.78, 5) is 10.1. The molecule has 0 aliphatic carbocycles. The predicted octanol–water partition coefficient (Wildman–Crippen LogP) is -0.478. The van der Waals surface area contributed by atoms with Gasteiger partial charge < -0.3 is 16.6 Å². The molecule has 0 fully saturated rings. The van der Waals surface area contributed by atoms with E-state index in [4.69, 9.17) is 16.6 Å². The normalized spacial score (nSPS) is 10.8. The van der Waals surface area contributed by atoms with Gasteiger partial charge in [0.1, 0.15) is 6.04 Å². The molecular formula is C6H14CoFeN2O2. The molecule has 5 N–H and O–H groups in total. The third-order valence-electron chi connectivity index (χ3n) is 1.29. The van der Waals surface area contributed by atoms with Crippen molar-refractivity contribution in [1.29, 1.82) is 0 Å². The minimum absolute atomic E-state index is 0.